The molecule has 0 saturated carbocycles. The smallest absolute Gasteiger partial charge is 0.00989 e. The molecule has 1 aromatic carbocycles. The van der Waals surface area contributed by atoms with Crippen LogP contribution in [0.2, 0.25) is 0 Å². The summed E-state index contributed by atoms with van der Waals surface area (Å²) in [6.07, 6.45) is 13.8. The molecule has 0 bridgehead atoms. The molecule has 0 aliphatic rings. The Kier molecular flexibility index (Phi) is 5.99. The summed E-state index contributed by atoms with van der Waals surface area (Å²) in [5, 5.41) is 0. The molecule has 0 saturated heterocycles. The highest BCUT2D eigenvalue weighted by Gasteiger charge is 2.07. The van der Waals surface area contributed by atoms with Gasteiger partial charge in [0, 0.05) is 6.42 Å². The van der Waals surface area contributed by atoms with E-state index in [2.05, 4.69) is 39.7 Å². The molecule has 97 valence electrons. The Bertz CT molecular complexity index is 432. The van der Waals surface area contributed by atoms with Crippen molar-refractivity contribution in [3.63, 3.8) is 0 Å². The molecule has 1 rings (SSSR count). The monoisotopic (exact) mass is 241 g/mol. The first-order chi connectivity index (χ1) is 8.57. The minimum Gasteiger partial charge on any atom is -0.0891 e. The second kappa shape index (κ2) is 7.27. The maximum atomic E-state index is 6.87. The van der Waals surface area contributed by atoms with Gasteiger partial charge in [-0.1, -0.05) is 24.8 Å². The molecule has 0 spiro atoms. The standard InChI is InChI=1S/C18H25/c1-6-7-8-9-10-11-12-18-15(3)13-14(2)16(4)17(18)5/h13H,7-12H2,2-5H3. The predicted molar refractivity (Wildman–Crippen MR) is 79.3 cm³/mol. The molecule has 0 fully saturated rings. The third-order valence-corrected chi connectivity index (χ3v) is 3.99. The quantitative estimate of drug-likeness (QED) is 0.485. The zero-order chi connectivity index (χ0) is 13.5. The molecule has 18 heavy (non-hydrogen) atoms. The van der Waals surface area contributed by atoms with Gasteiger partial charge in [-0.3, -0.25) is 0 Å². The third kappa shape index (κ3) is 3.91. The zero-order valence-electron chi connectivity index (χ0n) is 12.3. The Morgan fingerprint density at radius 2 is 1.56 bits per heavy atom. The third-order valence-electron chi connectivity index (χ3n) is 3.99. The van der Waals surface area contributed by atoms with E-state index in [0.717, 1.165) is 12.8 Å². The van der Waals surface area contributed by atoms with Crippen molar-refractivity contribution in [2.24, 2.45) is 0 Å². The van der Waals surface area contributed by atoms with Gasteiger partial charge in [0.05, 0.1) is 0 Å². The number of aryl methyl sites for hydroxylation is 2. The van der Waals surface area contributed by atoms with Gasteiger partial charge in [-0.15, -0.1) is 0 Å². The number of hydrogen-bond donors (Lipinski definition) is 0. The van der Waals surface area contributed by atoms with E-state index in [1.807, 2.05) is 0 Å². The summed E-state index contributed by atoms with van der Waals surface area (Å²) in [5.74, 6) is 2.46. The van der Waals surface area contributed by atoms with E-state index in [-0.39, 0.29) is 0 Å². The topological polar surface area (TPSA) is 0 Å². The normalized spacial score (nSPS) is 10.4. The zero-order valence-corrected chi connectivity index (χ0v) is 12.3. The van der Waals surface area contributed by atoms with Gasteiger partial charge in [0.25, 0.3) is 0 Å². The van der Waals surface area contributed by atoms with E-state index < -0.39 is 0 Å². The van der Waals surface area contributed by atoms with E-state index in [4.69, 9.17) is 6.42 Å². The summed E-state index contributed by atoms with van der Waals surface area (Å²) in [4.78, 5) is 0. The average Bonchev–Trinajstić information content (AvgIpc) is 2.34. The molecule has 0 unspecified atom stereocenters. The lowest BCUT2D eigenvalue weighted by molar-refractivity contribution is 0.648. The van der Waals surface area contributed by atoms with Crippen LogP contribution in [0.3, 0.4) is 0 Å². The van der Waals surface area contributed by atoms with Gasteiger partial charge in [-0.25, -0.2) is 0 Å². The number of unbranched alkanes of at least 4 members (excludes halogenated alkanes) is 4. The van der Waals surface area contributed by atoms with Crippen LogP contribution in [0.5, 0.6) is 0 Å². The summed E-state index contributed by atoms with van der Waals surface area (Å²) in [5.41, 5.74) is 7.35. The van der Waals surface area contributed by atoms with E-state index in [1.165, 1.54) is 47.9 Å². The van der Waals surface area contributed by atoms with Crippen LogP contribution >= 0.6 is 0 Å². The van der Waals surface area contributed by atoms with Gasteiger partial charge in [-0.2, -0.15) is 0 Å². The van der Waals surface area contributed by atoms with E-state index in [9.17, 15) is 0 Å². The van der Waals surface area contributed by atoms with Gasteiger partial charge >= 0.3 is 0 Å². The van der Waals surface area contributed by atoms with Crippen molar-refractivity contribution in [1.82, 2.24) is 0 Å². The minimum atomic E-state index is 0.821. The Labute approximate surface area is 113 Å². The van der Waals surface area contributed by atoms with Crippen LogP contribution in [-0.4, -0.2) is 0 Å². The molecule has 0 aliphatic carbocycles. The largest absolute Gasteiger partial charge is 0.0891 e. The fraction of sp³-hybridized carbons (Fsp3) is 0.556. The second-order valence-corrected chi connectivity index (χ2v) is 5.33. The summed E-state index contributed by atoms with van der Waals surface area (Å²) in [6.45, 7) is 8.92. The van der Waals surface area contributed by atoms with Crippen molar-refractivity contribution < 1.29 is 0 Å². The summed E-state index contributed by atoms with van der Waals surface area (Å²) in [7, 11) is 0. The van der Waals surface area contributed by atoms with Crippen molar-refractivity contribution in [2.75, 3.05) is 0 Å². The molecule has 0 amide bonds. The first-order valence-electron chi connectivity index (χ1n) is 7.03. The molecule has 0 aliphatic heterocycles. The minimum absolute atomic E-state index is 0.821. The van der Waals surface area contributed by atoms with E-state index in [1.54, 1.807) is 5.56 Å². The molecule has 0 nitrogen and oxygen atoms in total. The second-order valence-electron chi connectivity index (χ2n) is 5.33. The lowest BCUT2D eigenvalue weighted by atomic mass is 9.91. The van der Waals surface area contributed by atoms with Crippen molar-refractivity contribution in [2.45, 2.75) is 66.2 Å². The summed E-state index contributed by atoms with van der Waals surface area (Å²) >= 11 is 0. The maximum absolute atomic E-state index is 6.87. The Morgan fingerprint density at radius 3 is 2.22 bits per heavy atom. The lowest BCUT2D eigenvalue weighted by Gasteiger charge is -2.15. The van der Waals surface area contributed by atoms with Crippen LogP contribution in [0.25, 0.3) is 0 Å². The van der Waals surface area contributed by atoms with Crippen LogP contribution < -0.4 is 0 Å². The Hall–Kier alpha value is -1.22. The van der Waals surface area contributed by atoms with Gasteiger partial charge in [-0.05, 0) is 81.2 Å². The van der Waals surface area contributed by atoms with Crippen LogP contribution in [0.4, 0.5) is 0 Å². The van der Waals surface area contributed by atoms with Crippen LogP contribution in [0.1, 0.15) is 59.9 Å². The fourth-order valence-electron chi connectivity index (χ4n) is 2.59. The molecule has 0 heterocycles. The fourth-order valence-corrected chi connectivity index (χ4v) is 2.59. The average molecular weight is 241 g/mol. The number of rotatable bonds is 6. The van der Waals surface area contributed by atoms with Crippen LogP contribution in [0, 0.1) is 40.0 Å². The Balaban J connectivity index is 2.53. The predicted octanol–water partition coefficient (Wildman–Crippen LogP) is 5.00. The van der Waals surface area contributed by atoms with Gasteiger partial charge in [0.15, 0.2) is 0 Å². The highest BCUT2D eigenvalue weighted by atomic mass is 14.1. The van der Waals surface area contributed by atoms with Crippen molar-refractivity contribution in [3.05, 3.63) is 40.3 Å². The summed E-state index contributed by atoms with van der Waals surface area (Å²) in [6, 6.07) is 2.32. The van der Waals surface area contributed by atoms with Crippen molar-refractivity contribution in [3.8, 4) is 5.92 Å². The molecular weight excluding hydrogens is 216 g/mol. The van der Waals surface area contributed by atoms with Crippen molar-refractivity contribution in [1.29, 1.82) is 0 Å². The van der Waals surface area contributed by atoms with Gasteiger partial charge in [0.1, 0.15) is 0 Å². The molecule has 0 atom stereocenters. The lowest BCUT2D eigenvalue weighted by Crippen LogP contribution is -1.99. The molecule has 0 N–H and O–H groups in total. The van der Waals surface area contributed by atoms with E-state index in [0.29, 0.717) is 0 Å². The van der Waals surface area contributed by atoms with Crippen molar-refractivity contribution >= 4 is 0 Å². The molecule has 0 aromatic heterocycles. The van der Waals surface area contributed by atoms with Gasteiger partial charge in [0.2, 0.25) is 0 Å². The first kappa shape index (κ1) is 14.8. The van der Waals surface area contributed by atoms with E-state index >= 15 is 0 Å². The SMILES string of the molecule is [C]#CCCCCCCc1c(C)cc(C)c(C)c1C. The highest BCUT2D eigenvalue weighted by molar-refractivity contribution is 5.43. The molecule has 1 radical (unpaired) electrons. The molecular formula is C18H25. The van der Waals surface area contributed by atoms with Crippen LogP contribution in [-0.2, 0) is 6.42 Å². The number of benzene rings is 1. The molecule has 1 aromatic rings. The number of hydrogen-bond acceptors (Lipinski definition) is 0. The molecule has 0 heteroatoms. The first-order valence-corrected chi connectivity index (χ1v) is 7.03. The van der Waals surface area contributed by atoms with Crippen LogP contribution in [0.15, 0.2) is 6.07 Å². The maximum Gasteiger partial charge on any atom is 0.00989 e. The summed E-state index contributed by atoms with van der Waals surface area (Å²) < 4.78 is 0. The highest BCUT2D eigenvalue weighted by Crippen LogP contribution is 2.23. The Morgan fingerprint density at radius 1 is 0.889 bits per heavy atom. The van der Waals surface area contributed by atoms with Gasteiger partial charge < -0.3 is 0 Å².